The van der Waals surface area contributed by atoms with E-state index in [1.165, 1.54) is 22.0 Å². The van der Waals surface area contributed by atoms with E-state index in [1.807, 2.05) is 0 Å². The lowest BCUT2D eigenvalue weighted by Crippen LogP contribution is -2.33. The highest BCUT2D eigenvalue weighted by Crippen LogP contribution is 2.34. The molecular formula is C17H21N5O2. The standard InChI is InChI=1S/C17H21N5O2/c1-12-3-5-13(6-4-12)17(2)7-8-21(11-17)16(24)14-9-22(20-19-14)10-15(18)23/h3-6,9H,7-8,10-11H2,1-2H3,(H2,18,23). The number of nitrogens with two attached hydrogens (primary N) is 1. The van der Waals surface area contributed by atoms with E-state index in [4.69, 9.17) is 5.73 Å². The van der Waals surface area contributed by atoms with Crippen LogP contribution in [0.25, 0.3) is 0 Å². The Kier molecular flexibility index (Phi) is 4.09. The molecule has 2 aromatic rings. The van der Waals surface area contributed by atoms with Crippen molar-refractivity contribution >= 4 is 11.8 Å². The van der Waals surface area contributed by atoms with Crippen molar-refractivity contribution < 1.29 is 9.59 Å². The van der Waals surface area contributed by atoms with Crippen LogP contribution in [0.4, 0.5) is 0 Å². The molecule has 7 nitrogen and oxygen atoms in total. The van der Waals surface area contributed by atoms with Crippen LogP contribution < -0.4 is 5.73 Å². The highest BCUT2D eigenvalue weighted by atomic mass is 16.2. The molecule has 1 fully saturated rings. The fourth-order valence-electron chi connectivity index (χ4n) is 3.12. The van der Waals surface area contributed by atoms with Crippen LogP contribution in [0.2, 0.25) is 0 Å². The Morgan fingerprint density at radius 2 is 2.00 bits per heavy atom. The Labute approximate surface area is 140 Å². The third kappa shape index (κ3) is 3.15. The summed E-state index contributed by atoms with van der Waals surface area (Å²) in [7, 11) is 0. The molecule has 1 aromatic carbocycles. The second-order valence-electron chi connectivity index (χ2n) is 6.67. The smallest absolute Gasteiger partial charge is 0.276 e. The summed E-state index contributed by atoms with van der Waals surface area (Å²) >= 11 is 0. The van der Waals surface area contributed by atoms with Gasteiger partial charge in [0.05, 0.1) is 6.20 Å². The molecule has 1 aliphatic rings. The van der Waals surface area contributed by atoms with Gasteiger partial charge >= 0.3 is 0 Å². The van der Waals surface area contributed by atoms with Gasteiger partial charge in [0.15, 0.2) is 5.69 Å². The number of likely N-dealkylation sites (tertiary alicyclic amines) is 1. The van der Waals surface area contributed by atoms with E-state index in [9.17, 15) is 9.59 Å². The molecule has 1 aromatic heterocycles. The van der Waals surface area contributed by atoms with Gasteiger partial charge in [0, 0.05) is 18.5 Å². The van der Waals surface area contributed by atoms with Crippen molar-refractivity contribution in [3.8, 4) is 0 Å². The third-order valence-corrected chi connectivity index (χ3v) is 4.58. The molecule has 24 heavy (non-hydrogen) atoms. The Balaban J connectivity index is 1.72. The van der Waals surface area contributed by atoms with Crippen LogP contribution in [0.1, 0.15) is 35.0 Å². The summed E-state index contributed by atoms with van der Waals surface area (Å²) in [4.78, 5) is 25.3. The van der Waals surface area contributed by atoms with Gasteiger partial charge in [-0.1, -0.05) is 42.0 Å². The van der Waals surface area contributed by atoms with Gasteiger partial charge in [-0.25, -0.2) is 4.68 Å². The summed E-state index contributed by atoms with van der Waals surface area (Å²) in [5.74, 6) is -0.687. The normalized spacial score (nSPS) is 20.3. The van der Waals surface area contributed by atoms with Crippen LogP contribution >= 0.6 is 0 Å². The summed E-state index contributed by atoms with van der Waals surface area (Å²) in [5, 5.41) is 7.63. The molecule has 1 aliphatic heterocycles. The number of benzene rings is 1. The summed E-state index contributed by atoms with van der Waals surface area (Å²) in [5.41, 5.74) is 7.76. The number of aryl methyl sites for hydroxylation is 1. The topological polar surface area (TPSA) is 94.1 Å². The molecule has 2 heterocycles. The molecule has 1 atom stereocenters. The zero-order chi connectivity index (χ0) is 17.3. The number of hydrogen-bond donors (Lipinski definition) is 1. The van der Waals surface area contributed by atoms with Gasteiger partial charge in [-0.05, 0) is 18.9 Å². The first-order chi connectivity index (χ1) is 11.4. The lowest BCUT2D eigenvalue weighted by Gasteiger charge is -2.25. The van der Waals surface area contributed by atoms with Crippen molar-refractivity contribution in [1.29, 1.82) is 0 Å². The zero-order valence-corrected chi connectivity index (χ0v) is 13.9. The van der Waals surface area contributed by atoms with E-state index in [-0.39, 0.29) is 23.6 Å². The first-order valence-electron chi connectivity index (χ1n) is 7.92. The van der Waals surface area contributed by atoms with E-state index < -0.39 is 5.91 Å². The molecule has 0 bridgehead atoms. The van der Waals surface area contributed by atoms with Gasteiger partial charge in [-0.3, -0.25) is 9.59 Å². The average molecular weight is 327 g/mol. The lowest BCUT2D eigenvalue weighted by atomic mass is 9.81. The molecule has 2 amide bonds. The van der Waals surface area contributed by atoms with E-state index in [0.717, 1.165) is 6.42 Å². The molecule has 2 N–H and O–H groups in total. The highest BCUT2D eigenvalue weighted by Gasteiger charge is 2.38. The first kappa shape index (κ1) is 16.2. The molecule has 126 valence electrons. The van der Waals surface area contributed by atoms with Crippen LogP contribution in [0.5, 0.6) is 0 Å². The fraction of sp³-hybridized carbons (Fsp3) is 0.412. The van der Waals surface area contributed by atoms with Crippen LogP contribution in [0.15, 0.2) is 30.5 Å². The van der Waals surface area contributed by atoms with E-state index in [1.54, 1.807) is 4.90 Å². The average Bonchev–Trinajstić information content (AvgIpc) is 3.14. The van der Waals surface area contributed by atoms with Crippen molar-refractivity contribution in [1.82, 2.24) is 19.9 Å². The van der Waals surface area contributed by atoms with Crippen molar-refractivity contribution in [2.24, 2.45) is 5.73 Å². The number of primary amides is 1. The Bertz CT molecular complexity index is 768. The van der Waals surface area contributed by atoms with Gasteiger partial charge < -0.3 is 10.6 Å². The molecule has 0 spiro atoms. The predicted molar refractivity (Wildman–Crippen MR) is 88.3 cm³/mol. The minimum atomic E-state index is -0.521. The number of rotatable bonds is 4. The van der Waals surface area contributed by atoms with E-state index >= 15 is 0 Å². The molecule has 3 rings (SSSR count). The molecule has 0 aliphatic carbocycles. The lowest BCUT2D eigenvalue weighted by molar-refractivity contribution is -0.118. The Hall–Kier alpha value is -2.70. The quantitative estimate of drug-likeness (QED) is 0.902. The van der Waals surface area contributed by atoms with Crippen LogP contribution in [-0.4, -0.2) is 44.8 Å². The Morgan fingerprint density at radius 1 is 1.29 bits per heavy atom. The second kappa shape index (κ2) is 6.07. The van der Waals surface area contributed by atoms with Crippen molar-refractivity contribution in [3.63, 3.8) is 0 Å². The minimum absolute atomic E-state index is 0.0629. The number of carbonyl (C=O) groups is 2. The van der Waals surface area contributed by atoms with Crippen LogP contribution in [0.3, 0.4) is 0 Å². The molecule has 7 heteroatoms. The number of hydrogen-bond acceptors (Lipinski definition) is 4. The first-order valence-corrected chi connectivity index (χ1v) is 7.92. The highest BCUT2D eigenvalue weighted by molar-refractivity contribution is 5.92. The number of aromatic nitrogens is 3. The maximum Gasteiger partial charge on any atom is 0.276 e. The molecule has 1 saturated heterocycles. The summed E-state index contributed by atoms with van der Waals surface area (Å²) in [6.45, 7) is 5.46. The monoisotopic (exact) mass is 327 g/mol. The molecule has 0 saturated carbocycles. The third-order valence-electron chi connectivity index (χ3n) is 4.58. The largest absolute Gasteiger partial charge is 0.368 e. The summed E-state index contributed by atoms with van der Waals surface area (Å²) in [6.07, 6.45) is 2.37. The molecule has 1 unspecified atom stereocenters. The van der Waals surface area contributed by atoms with Crippen molar-refractivity contribution in [2.75, 3.05) is 13.1 Å². The second-order valence-corrected chi connectivity index (χ2v) is 6.67. The number of nitrogens with zero attached hydrogens (tertiary/aromatic N) is 4. The van der Waals surface area contributed by atoms with E-state index in [0.29, 0.717) is 13.1 Å². The number of amides is 2. The van der Waals surface area contributed by atoms with Crippen LogP contribution in [0, 0.1) is 6.92 Å². The minimum Gasteiger partial charge on any atom is -0.368 e. The predicted octanol–water partition coefficient (Wildman–Crippen LogP) is 0.876. The summed E-state index contributed by atoms with van der Waals surface area (Å²) in [6, 6.07) is 8.46. The maximum absolute atomic E-state index is 12.6. The maximum atomic E-state index is 12.6. The van der Waals surface area contributed by atoms with Gasteiger partial charge in [0.1, 0.15) is 6.54 Å². The van der Waals surface area contributed by atoms with Gasteiger partial charge in [-0.15, -0.1) is 5.10 Å². The zero-order valence-electron chi connectivity index (χ0n) is 13.9. The van der Waals surface area contributed by atoms with Gasteiger partial charge in [0.2, 0.25) is 5.91 Å². The van der Waals surface area contributed by atoms with Crippen molar-refractivity contribution in [2.45, 2.75) is 32.2 Å². The van der Waals surface area contributed by atoms with E-state index in [2.05, 4.69) is 48.4 Å². The van der Waals surface area contributed by atoms with Crippen LogP contribution in [-0.2, 0) is 16.8 Å². The van der Waals surface area contributed by atoms with Gasteiger partial charge in [0.25, 0.3) is 5.91 Å². The molecular weight excluding hydrogens is 306 g/mol. The van der Waals surface area contributed by atoms with Gasteiger partial charge in [-0.2, -0.15) is 0 Å². The van der Waals surface area contributed by atoms with Crippen molar-refractivity contribution in [3.05, 3.63) is 47.3 Å². The SMILES string of the molecule is Cc1ccc(C2(C)CCN(C(=O)c3cn(CC(N)=O)nn3)C2)cc1. The summed E-state index contributed by atoms with van der Waals surface area (Å²) < 4.78 is 1.28. The Morgan fingerprint density at radius 3 is 2.67 bits per heavy atom. The number of carbonyl (C=O) groups excluding carboxylic acids is 2. The molecule has 0 radical (unpaired) electrons. The fourth-order valence-corrected chi connectivity index (χ4v) is 3.12.